The van der Waals surface area contributed by atoms with Gasteiger partial charge in [-0.1, -0.05) is 6.07 Å². The van der Waals surface area contributed by atoms with Gasteiger partial charge in [0.15, 0.2) is 0 Å². The van der Waals surface area contributed by atoms with Gasteiger partial charge in [-0.15, -0.1) is 0 Å². The fourth-order valence-electron chi connectivity index (χ4n) is 2.99. The lowest BCUT2D eigenvalue weighted by Crippen LogP contribution is -2.41. The van der Waals surface area contributed by atoms with Crippen molar-refractivity contribution in [2.75, 3.05) is 5.73 Å². The zero-order valence-corrected chi connectivity index (χ0v) is 14.0. The van der Waals surface area contributed by atoms with Crippen LogP contribution >= 0.6 is 0 Å². The van der Waals surface area contributed by atoms with Crippen LogP contribution in [0.4, 0.5) is 5.69 Å². The van der Waals surface area contributed by atoms with Gasteiger partial charge in [-0.05, 0) is 71.0 Å². The topological polar surface area (TPSA) is 53.7 Å². The molecule has 1 aliphatic heterocycles. The van der Waals surface area contributed by atoms with E-state index in [0.29, 0.717) is 11.8 Å². The zero-order chi connectivity index (χ0) is 16.0. The van der Waals surface area contributed by atoms with E-state index in [0.717, 1.165) is 24.1 Å². The van der Waals surface area contributed by atoms with Crippen molar-refractivity contribution in [1.82, 2.24) is 0 Å². The van der Waals surface area contributed by atoms with Crippen LogP contribution in [0.2, 0.25) is 0 Å². The molecule has 0 atom stereocenters. The van der Waals surface area contributed by atoms with E-state index in [9.17, 15) is 0 Å². The van der Waals surface area contributed by atoms with E-state index in [2.05, 4.69) is 0 Å². The molecule has 22 heavy (non-hydrogen) atoms. The highest BCUT2D eigenvalue weighted by Crippen LogP contribution is 2.37. The second-order valence-electron chi connectivity index (χ2n) is 7.41. The number of benzene rings is 1. The Morgan fingerprint density at radius 3 is 2.23 bits per heavy atom. The van der Waals surface area contributed by atoms with Crippen molar-refractivity contribution in [2.45, 2.75) is 70.7 Å². The second kappa shape index (κ2) is 5.46. The minimum Gasteiger partial charge on any atom is -0.488 e. The molecule has 1 aromatic carbocycles. The molecule has 2 aliphatic rings. The molecule has 1 saturated carbocycles. The average Bonchev–Trinajstić information content (AvgIpc) is 2.99. The van der Waals surface area contributed by atoms with Gasteiger partial charge >= 0.3 is 7.12 Å². The van der Waals surface area contributed by atoms with E-state index < -0.39 is 0 Å². The van der Waals surface area contributed by atoms with Gasteiger partial charge in [0.2, 0.25) is 0 Å². The fourth-order valence-corrected chi connectivity index (χ4v) is 2.99. The Hall–Kier alpha value is -1.20. The maximum absolute atomic E-state index is 6.17. The SMILES string of the molecule is CC1(C)OB(c2ccc(OC3CCCC3)c(N)c2)OC1(C)C. The Balaban J connectivity index is 1.75. The monoisotopic (exact) mass is 303 g/mol. The summed E-state index contributed by atoms with van der Waals surface area (Å²) in [5.74, 6) is 0.771. The molecule has 1 heterocycles. The molecule has 120 valence electrons. The van der Waals surface area contributed by atoms with Gasteiger partial charge in [-0.3, -0.25) is 0 Å². The van der Waals surface area contributed by atoms with E-state index in [1.807, 2.05) is 45.9 Å². The molecule has 0 bridgehead atoms. The van der Waals surface area contributed by atoms with Crippen LogP contribution in [0.3, 0.4) is 0 Å². The van der Waals surface area contributed by atoms with Crippen LogP contribution in [-0.2, 0) is 9.31 Å². The quantitative estimate of drug-likeness (QED) is 0.689. The van der Waals surface area contributed by atoms with Gasteiger partial charge in [-0.25, -0.2) is 0 Å². The molecule has 5 heteroatoms. The molecule has 3 rings (SSSR count). The molecule has 2 fully saturated rings. The maximum atomic E-state index is 6.17. The van der Waals surface area contributed by atoms with E-state index in [4.69, 9.17) is 19.8 Å². The third-order valence-electron chi connectivity index (χ3n) is 5.16. The minimum absolute atomic E-state index is 0.310. The van der Waals surface area contributed by atoms with Crippen LogP contribution in [0.5, 0.6) is 5.75 Å². The van der Waals surface area contributed by atoms with Gasteiger partial charge < -0.3 is 19.8 Å². The largest absolute Gasteiger partial charge is 0.494 e. The molecule has 4 nitrogen and oxygen atoms in total. The summed E-state index contributed by atoms with van der Waals surface area (Å²) in [6.07, 6.45) is 5.05. The van der Waals surface area contributed by atoms with Crippen molar-refractivity contribution < 1.29 is 14.0 Å². The lowest BCUT2D eigenvalue weighted by molar-refractivity contribution is 0.00578. The van der Waals surface area contributed by atoms with Crippen LogP contribution in [0.25, 0.3) is 0 Å². The highest BCUT2D eigenvalue weighted by Gasteiger charge is 2.51. The van der Waals surface area contributed by atoms with Crippen molar-refractivity contribution in [3.8, 4) is 5.75 Å². The van der Waals surface area contributed by atoms with Crippen LogP contribution in [0, 0.1) is 0 Å². The predicted molar refractivity (Wildman–Crippen MR) is 89.5 cm³/mol. The first kappa shape index (κ1) is 15.7. The third-order valence-corrected chi connectivity index (χ3v) is 5.16. The Bertz CT molecular complexity index is 537. The highest BCUT2D eigenvalue weighted by molar-refractivity contribution is 6.62. The smallest absolute Gasteiger partial charge is 0.488 e. The minimum atomic E-state index is -0.382. The summed E-state index contributed by atoms with van der Waals surface area (Å²) in [6, 6.07) is 5.84. The number of anilines is 1. The average molecular weight is 303 g/mol. The maximum Gasteiger partial charge on any atom is 0.494 e. The number of hydrogen-bond donors (Lipinski definition) is 1. The fraction of sp³-hybridized carbons (Fsp3) is 0.647. The highest BCUT2D eigenvalue weighted by atomic mass is 16.7. The lowest BCUT2D eigenvalue weighted by Gasteiger charge is -2.32. The second-order valence-corrected chi connectivity index (χ2v) is 7.41. The molecule has 0 aromatic heterocycles. The summed E-state index contributed by atoms with van der Waals surface area (Å²) in [4.78, 5) is 0. The molecule has 0 spiro atoms. The summed E-state index contributed by atoms with van der Waals surface area (Å²) in [6.45, 7) is 8.20. The summed E-state index contributed by atoms with van der Waals surface area (Å²) >= 11 is 0. The van der Waals surface area contributed by atoms with E-state index in [1.165, 1.54) is 12.8 Å². The number of nitrogens with two attached hydrogens (primary N) is 1. The van der Waals surface area contributed by atoms with Crippen molar-refractivity contribution in [1.29, 1.82) is 0 Å². The van der Waals surface area contributed by atoms with Crippen LogP contribution in [-0.4, -0.2) is 24.4 Å². The number of nitrogen functional groups attached to an aromatic ring is 1. The summed E-state index contributed by atoms with van der Waals surface area (Å²) in [7, 11) is -0.382. The number of ether oxygens (including phenoxy) is 1. The summed E-state index contributed by atoms with van der Waals surface area (Å²) in [5, 5.41) is 0. The third kappa shape index (κ3) is 2.84. The Morgan fingerprint density at radius 1 is 1.09 bits per heavy atom. The first-order valence-electron chi connectivity index (χ1n) is 8.20. The Kier molecular flexibility index (Phi) is 3.90. The van der Waals surface area contributed by atoms with Gasteiger partial charge in [-0.2, -0.15) is 0 Å². The standard InChI is InChI=1S/C17H26BNO3/c1-16(2)17(3,4)22-18(21-16)12-9-10-15(14(19)11-12)20-13-7-5-6-8-13/h9-11,13H,5-8,19H2,1-4H3. The van der Waals surface area contributed by atoms with Crippen LogP contribution < -0.4 is 15.9 Å². The van der Waals surface area contributed by atoms with Gasteiger partial charge in [0.05, 0.1) is 23.0 Å². The van der Waals surface area contributed by atoms with E-state index in [1.54, 1.807) is 0 Å². The van der Waals surface area contributed by atoms with Gasteiger partial charge in [0.25, 0.3) is 0 Å². The molecule has 0 amide bonds. The number of rotatable bonds is 3. The number of hydrogen-bond acceptors (Lipinski definition) is 4. The zero-order valence-electron chi connectivity index (χ0n) is 14.0. The molecule has 2 N–H and O–H groups in total. The Morgan fingerprint density at radius 2 is 1.68 bits per heavy atom. The predicted octanol–water partition coefficient (Wildman–Crippen LogP) is 2.89. The van der Waals surface area contributed by atoms with Crippen molar-refractivity contribution in [3.05, 3.63) is 18.2 Å². The van der Waals surface area contributed by atoms with Crippen molar-refractivity contribution >= 4 is 18.3 Å². The lowest BCUT2D eigenvalue weighted by atomic mass is 9.79. The molecule has 1 aliphatic carbocycles. The molecule has 0 unspecified atom stereocenters. The first-order valence-corrected chi connectivity index (χ1v) is 8.20. The van der Waals surface area contributed by atoms with E-state index in [-0.39, 0.29) is 18.3 Å². The van der Waals surface area contributed by atoms with E-state index >= 15 is 0 Å². The molecular weight excluding hydrogens is 277 g/mol. The van der Waals surface area contributed by atoms with Gasteiger partial charge in [0, 0.05) is 0 Å². The first-order chi connectivity index (χ1) is 10.3. The van der Waals surface area contributed by atoms with Crippen molar-refractivity contribution in [3.63, 3.8) is 0 Å². The van der Waals surface area contributed by atoms with Crippen LogP contribution in [0.15, 0.2) is 18.2 Å². The van der Waals surface area contributed by atoms with Gasteiger partial charge in [0.1, 0.15) is 5.75 Å². The molecule has 0 radical (unpaired) electrons. The summed E-state index contributed by atoms with van der Waals surface area (Å²) < 4.78 is 18.1. The molecule has 1 saturated heterocycles. The normalized spacial score (nSPS) is 23.9. The van der Waals surface area contributed by atoms with Crippen LogP contribution in [0.1, 0.15) is 53.4 Å². The van der Waals surface area contributed by atoms with Crippen molar-refractivity contribution in [2.24, 2.45) is 0 Å². The summed E-state index contributed by atoms with van der Waals surface area (Å²) in [5.41, 5.74) is 7.07. The molecule has 1 aromatic rings. The Labute approximate surface area is 133 Å². The molecular formula is C17H26BNO3.